The summed E-state index contributed by atoms with van der Waals surface area (Å²) in [4.78, 5) is 49.1. The molecule has 0 aliphatic heterocycles. The highest BCUT2D eigenvalue weighted by Gasteiger charge is 2.27. The fourth-order valence-electron chi connectivity index (χ4n) is 3.99. The zero-order valence-electron chi connectivity index (χ0n) is 20.8. The molecule has 0 fully saturated rings. The number of fused-ring (bicyclic) bond motifs is 1. The predicted octanol–water partition coefficient (Wildman–Crippen LogP) is 3.50. The Bertz CT molecular complexity index is 1370. The highest BCUT2D eigenvalue weighted by molar-refractivity contribution is 7.99. The molecule has 0 saturated carbocycles. The molecule has 2 heterocycles. The number of nitrogens with one attached hydrogen (secondary N) is 2. The third-order valence-corrected chi connectivity index (χ3v) is 8.14. The second-order valence-electron chi connectivity index (χ2n) is 8.42. The lowest BCUT2D eigenvalue weighted by molar-refractivity contribution is -0.384. The van der Waals surface area contributed by atoms with Crippen molar-refractivity contribution in [1.82, 2.24) is 20.1 Å². The number of thioether (sulfide) groups is 1. The van der Waals surface area contributed by atoms with Crippen LogP contribution in [0.15, 0.2) is 29.4 Å². The number of amides is 2. The van der Waals surface area contributed by atoms with E-state index in [9.17, 15) is 24.5 Å². The molecule has 4 rings (SSSR count). The van der Waals surface area contributed by atoms with Gasteiger partial charge < -0.3 is 19.9 Å². The summed E-state index contributed by atoms with van der Waals surface area (Å²) in [5.41, 5.74) is 1.63. The van der Waals surface area contributed by atoms with Crippen molar-refractivity contribution in [3.8, 4) is 0 Å². The maximum atomic E-state index is 12.8. The van der Waals surface area contributed by atoms with E-state index in [2.05, 4.69) is 20.8 Å². The Morgan fingerprint density at radius 3 is 2.63 bits per heavy atom. The third kappa shape index (κ3) is 6.19. The fourth-order valence-corrected chi connectivity index (χ4v) is 6.01. The Morgan fingerprint density at radius 2 is 1.92 bits per heavy atom. The molecule has 0 bridgehead atoms. The molecule has 0 radical (unpaired) electrons. The second-order valence-corrected chi connectivity index (χ2v) is 10.5. The SMILES string of the molecule is CCOC(=O)c1c(NC(=O)CSc2nnc(CNC(=O)c3ccc([N+](=O)[O-])cc3)n2C)sc2c1CCCC2. The Kier molecular flexibility index (Phi) is 8.73. The predicted molar refractivity (Wildman–Crippen MR) is 142 cm³/mol. The van der Waals surface area contributed by atoms with Gasteiger partial charge in [0.05, 0.1) is 29.4 Å². The van der Waals surface area contributed by atoms with E-state index in [4.69, 9.17) is 4.74 Å². The molecule has 1 aromatic carbocycles. The van der Waals surface area contributed by atoms with E-state index in [1.54, 1.807) is 18.5 Å². The minimum absolute atomic E-state index is 0.0476. The average molecular weight is 559 g/mol. The Hall–Kier alpha value is -3.78. The fraction of sp³-hybridized carbons (Fsp3) is 0.375. The Morgan fingerprint density at radius 1 is 1.18 bits per heavy atom. The molecule has 0 saturated heterocycles. The molecule has 14 heteroatoms. The summed E-state index contributed by atoms with van der Waals surface area (Å²) in [6.07, 6.45) is 3.75. The van der Waals surface area contributed by atoms with E-state index in [0.29, 0.717) is 21.5 Å². The first-order chi connectivity index (χ1) is 18.3. The number of hydrogen-bond acceptors (Lipinski definition) is 10. The number of rotatable bonds is 10. The zero-order valence-corrected chi connectivity index (χ0v) is 22.4. The molecule has 12 nitrogen and oxygen atoms in total. The molecule has 0 atom stereocenters. The molecule has 38 heavy (non-hydrogen) atoms. The van der Waals surface area contributed by atoms with Crippen LogP contribution in [0.25, 0.3) is 0 Å². The third-order valence-electron chi connectivity index (χ3n) is 5.91. The normalized spacial score (nSPS) is 12.5. The van der Waals surface area contributed by atoms with Gasteiger partial charge in [0.1, 0.15) is 5.00 Å². The van der Waals surface area contributed by atoms with Crippen molar-refractivity contribution in [1.29, 1.82) is 0 Å². The first kappa shape index (κ1) is 27.3. The number of nitrogens with zero attached hydrogens (tertiary/aromatic N) is 4. The van der Waals surface area contributed by atoms with Gasteiger partial charge in [0.15, 0.2) is 11.0 Å². The van der Waals surface area contributed by atoms with Gasteiger partial charge in [0.25, 0.3) is 11.6 Å². The van der Waals surface area contributed by atoms with E-state index in [-0.39, 0.29) is 36.1 Å². The van der Waals surface area contributed by atoms with Crippen molar-refractivity contribution in [2.45, 2.75) is 44.3 Å². The molecule has 2 aromatic heterocycles. The number of nitro groups is 1. The van der Waals surface area contributed by atoms with Crippen LogP contribution in [0.2, 0.25) is 0 Å². The van der Waals surface area contributed by atoms with Gasteiger partial charge in [-0.15, -0.1) is 21.5 Å². The number of anilines is 1. The number of aryl methyl sites for hydroxylation is 1. The highest BCUT2D eigenvalue weighted by Crippen LogP contribution is 2.38. The molecule has 2 N–H and O–H groups in total. The number of carbonyl (C=O) groups excluding carboxylic acids is 3. The average Bonchev–Trinajstić information content (AvgIpc) is 3.45. The molecule has 2 amide bonds. The van der Waals surface area contributed by atoms with Gasteiger partial charge in [-0.2, -0.15) is 0 Å². The number of benzene rings is 1. The molecular formula is C24H26N6O6S2. The van der Waals surface area contributed by atoms with Crippen LogP contribution in [0.3, 0.4) is 0 Å². The summed E-state index contributed by atoms with van der Waals surface area (Å²) in [7, 11) is 1.72. The quantitative estimate of drug-likeness (QED) is 0.164. The van der Waals surface area contributed by atoms with E-state index >= 15 is 0 Å². The van der Waals surface area contributed by atoms with Gasteiger partial charge in [-0.05, 0) is 50.3 Å². The maximum absolute atomic E-state index is 12.8. The summed E-state index contributed by atoms with van der Waals surface area (Å²) in [5, 5.41) is 25.5. The molecule has 1 aliphatic carbocycles. The highest BCUT2D eigenvalue weighted by atomic mass is 32.2. The lowest BCUT2D eigenvalue weighted by Crippen LogP contribution is -2.24. The molecule has 3 aromatic rings. The topological polar surface area (TPSA) is 158 Å². The summed E-state index contributed by atoms with van der Waals surface area (Å²) in [6, 6.07) is 5.28. The molecule has 1 aliphatic rings. The lowest BCUT2D eigenvalue weighted by Gasteiger charge is -2.12. The van der Waals surface area contributed by atoms with Crippen LogP contribution in [0.1, 0.15) is 56.7 Å². The first-order valence-corrected chi connectivity index (χ1v) is 13.7. The van der Waals surface area contributed by atoms with Gasteiger partial charge in [-0.3, -0.25) is 19.7 Å². The van der Waals surface area contributed by atoms with E-state index in [1.165, 1.54) is 47.4 Å². The van der Waals surface area contributed by atoms with Gasteiger partial charge in [-0.1, -0.05) is 11.8 Å². The summed E-state index contributed by atoms with van der Waals surface area (Å²) < 4.78 is 6.91. The number of esters is 1. The summed E-state index contributed by atoms with van der Waals surface area (Å²) in [6.45, 7) is 2.09. The van der Waals surface area contributed by atoms with Crippen LogP contribution in [-0.4, -0.2) is 49.8 Å². The van der Waals surface area contributed by atoms with Crippen LogP contribution in [0, 0.1) is 10.1 Å². The molecular weight excluding hydrogens is 532 g/mol. The number of ether oxygens (including phenoxy) is 1. The number of carbonyl (C=O) groups is 3. The van der Waals surface area contributed by atoms with E-state index in [1.807, 2.05) is 0 Å². The summed E-state index contributed by atoms with van der Waals surface area (Å²) >= 11 is 2.61. The largest absolute Gasteiger partial charge is 0.462 e. The van der Waals surface area contributed by atoms with Crippen LogP contribution in [0.5, 0.6) is 0 Å². The van der Waals surface area contributed by atoms with Gasteiger partial charge in [0.2, 0.25) is 5.91 Å². The second kappa shape index (κ2) is 12.2. The van der Waals surface area contributed by atoms with Gasteiger partial charge in [0, 0.05) is 29.6 Å². The van der Waals surface area contributed by atoms with E-state index < -0.39 is 16.8 Å². The molecule has 200 valence electrons. The zero-order chi connectivity index (χ0) is 27.2. The summed E-state index contributed by atoms with van der Waals surface area (Å²) in [5.74, 6) is -0.587. The number of non-ortho nitro benzene ring substituents is 1. The van der Waals surface area contributed by atoms with Crippen LogP contribution in [-0.2, 0) is 36.0 Å². The molecule has 0 unspecified atom stereocenters. The number of aromatic nitrogens is 3. The standard InChI is InChI=1S/C24H26N6O6S2/c1-3-36-23(33)20-16-6-4-5-7-17(16)38-22(20)26-19(31)13-37-24-28-27-18(29(24)2)12-25-21(32)14-8-10-15(11-9-14)30(34)35/h8-11H,3-7,12-13H2,1-2H3,(H,25,32)(H,26,31). The first-order valence-electron chi connectivity index (χ1n) is 11.9. The van der Waals surface area contributed by atoms with Crippen molar-refractivity contribution in [2.75, 3.05) is 17.7 Å². The lowest BCUT2D eigenvalue weighted by atomic mass is 9.95. The monoisotopic (exact) mass is 558 g/mol. The number of nitro benzene ring substituents is 1. The molecule has 0 spiro atoms. The minimum Gasteiger partial charge on any atom is -0.462 e. The van der Waals surface area contributed by atoms with Crippen LogP contribution < -0.4 is 10.6 Å². The van der Waals surface area contributed by atoms with Gasteiger partial charge in [-0.25, -0.2) is 4.79 Å². The van der Waals surface area contributed by atoms with E-state index in [0.717, 1.165) is 36.1 Å². The van der Waals surface area contributed by atoms with Gasteiger partial charge >= 0.3 is 5.97 Å². The van der Waals surface area contributed by atoms with Crippen molar-refractivity contribution < 1.29 is 24.0 Å². The van der Waals surface area contributed by atoms with Crippen molar-refractivity contribution in [3.05, 3.63) is 61.8 Å². The number of thiophene rings is 1. The van der Waals surface area contributed by atoms with Crippen LogP contribution in [0.4, 0.5) is 10.7 Å². The Balaban J connectivity index is 1.34. The minimum atomic E-state index is -0.534. The maximum Gasteiger partial charge on any atom is 0.341 e. The van der Waals surface area contributed by atoms with Crippen molar-refractivity contribution in [3.63, 3.8) is 0 Å². The van der Waals surface area contributed by atoms with Crippen LogP contribution >= 0.6 is 23.1 Å². The van der Waals surface area contributed by atoms with Crippen molar-refractivity contribution in [2.24, 2.45) is 7.05 Å². The number of hydrogen-bond donors (Lipinski definition) is 2. The Labute approximate surface area is 226 Å². The van der Waals surface area contributed by atoms with Crippen molar-refractivity contribution >= 4 is 51.6 Å². The smallest absolute Gasteiger partial charge is 0.341 e.